The fraction of sp³-hybridized carbons (Fsp3) is 0.444. The number of hydrogen-bond acceptors (Lipinski definition) is 5. The first kappa shape index (κ1) is 14.0. The number of nitrogens with zero attached hydrogens (tertiary/aromatic N) is 3. The molecule has 1 spiro atoms. The Hall–Kier alpha value is -2.34. The molecule has 1 saturated carbocycles. The number of hydrogen-bond donors (Lipinski definition) is 3. The molecule has 6 heteroatoms. The molecule has 5 rings (SSSR count). The van der Waals surface area contributed by atoms with E-state index < -0.39 is 0 Å². The van der Waals surface area contributed by atoms with Crippen molar-refractivity contribution < 1.29 is 0 Å². The van der Waals surface area contributed by atoms with Crippen LogP contribution in [0.5, 0.6) is 0 Å². The lowest BCUT2D eigenvalue weighted by Gasteiger charge is -2.26. The first-order valence-corrected chi connectivity index (χ1v) is 8.74. The van der Waals surface area contributed by atoms with Gasteiger partial charge in [-0.1, -0.05) is 6.07 Å². The summed E-state index contributed by atoms with van der Waals surface area (Å²) in [5.74, 6) is 1.02. The van der Waals surface area contributed by atoms with E-state index in [0.29, 0.717) is 11.5 Å². The number of nitrogens with one attached hydrogen (secondary N) is 3. The number of rotatable bonds is 3. The van der Waals surface area contributed by atoms with Crippen LogP contribution in [0.1, 0.15) is 30.9 Å². The molecule has 3 N–H and O–H groups in total. The maximum absolute atomic E-state index is 4.45. The maximum atomic E-state index is 4.45. The summed E-state index contributed by atoms with van der Waals surface area (Å²) in [7, 11) is 0. The van der Waals surface area contributed by atoms with E-state index in [2.05, 4.69) is 32.1 Å². The van der Waals surface area contributed by atoms with Gasteiger partial charge < -0.3 is 16.0 Å². The molecule has 3 unspecified atom stereocenters. The molecule has 4 heterocycles. The number of piperidine rings is 1. The molecule has 3 atom stereocenters. The molecule has 2 aromatic rings. The molecule has 24 heavy (non-hydrogen) atoms. The highest BCUT2D eigenvalue weighted by Crippen LogP contribution is 2.50. The Labute approximate surface area is 141 Å². The van der Waals surface area contributed by atoms with Crippen molar-refractivity contribution in [1.29, 1.82) is 0 Å². The summed E-state index contributed by atoms with van der Waals surface area (Å²) in [6, 6.07) is 6.73. The minimum absolute atomic E-state index is 0.0524. The lowest BCUT2D eigenvalue weighted by Crippen LogP contribution is -2.39. The summed E-state index contributed by atoms with van der Waals surface area (Å²) < 4.78 is 1.90. The summed E-state index contributed by atoms with van der Waals surface area (Å²) in [5, 5.41) is 15.2. The second-order valence-corrected chi connectivity index (χ2v) is 7.14. The molecule has 2 fully saturated rings. The van der Waals surface area contributed by atoms with E-state index in [-0.39, 0.29) is 6.04 Å². The molecule has 6 nitrogen and oxygen atoms in total. The number of aliphatic imine (C=N–C) groups is 1. The second-order valence-electron chi connectivity index (χ2n) is 7.14. The van der Waals surface area contributed by atoms with Crippen molar-refractivity contribution >= 4 is 11.7 Å². The zero-order valence-electron chi connectivity index (χ0n) is 13.6. The Morgan fingerprint density at radius 3 is 3.25 bits per heavy atom. The van der Waals surface area contributed by atoms with Crippen LogP contribution in [0, 0.1) is 5.41 Å². The van der Waals surface area contributed by atoms with Gasteiger partial charge in [0.15, 0.2) is 0 Å². The van der Waals surface area contributed by atoms with Gasteiger partial charge in [-0.3, -0.25) is 4.99 Å². The van der Waals surface area contributed by atoms with Gasteiger partial charge in [0.1, 0.15) is 5.82 Å². The quantitative estimate of drug-likeness (QED) is 0.803. The Morgan fingerprint density at radius 2 is 2.33 bits per heavy atom. The predicted molar refractivity (Wildman–Crippen MR) is 93.7 cm³/mol. The van der Waals surface area contributed by atoms with E-state index in [1.165, 1.54) is 19.3 Å². The molecule has 2 aromatic heterocycles. The van der Waals surface area contributed by atoms with E-state index >= 15 is 0 Å². The molecular formula is C18H22N6. The van der Waals surface area contributed by atoms with Gasteiger partial charge in [0.25, 0.3) is 0 Å². The van der Waals surface area contributed by atoms with Gasteiger partial charge in [0.05, 0.1) is 24.0 Å². The zero-order valence-corrected chi connectivity index (χ0v) is 13.6. The largest absolute Gasteiger partial charge is 0.367 e. The van der Waals surface area contributed by atoms with Crippen LogP contribution in [0.4, 0.5) is 0 Å². The average Bonchev–Trinajstić information content (AvgIpc) is 3.08. The van der Waals surface area contributed by atoms with Crippen LogP contribution in [0.3, 0.4) is 0 Å². The Morgan fingerprint density at radius 1 is 1.33 bits per heavy atom. The van der Waals surface area contributed by atoms with Crippen LogP contribution in [-0.4, -0.2) is 35.0 Å². The van der Waals surface area contributed by atoms with Crippen molar-refractivity contribution in [2.24, 2.45) is 10.4 Å². The average molecular weight is 322 g/mol. The van der Waals surface area contributed by atoms with Gasteiger partial charge in [0, 0.05) is 36.0 Å². The third kappa shape index (κ3) is 2.29. The monoisotopic (exact) mass is 322 g/mol. The fourth-order valence-corrected chi connectivity index (χ4v) is 4.08. The maximum Gasteiger partial charge on any atom is 0.118 e. The van der Waals surface area contributed by atoms with Crippen LogP contribution >= 0.6 is 0 Å². The van der Waals surface area contributed by atoms with Crippen molar-refractivity contribution in [3.05, 3.63) is 48.2 Å². The lowest BCUT2D eigenvalue weighted by molar-refractivity contribution is 0.336. The molecule has 124 valence electrons. The highest BCUT2D eigenvalue weighted by Gasteiger charge is 2.54. The van der Waals surface area contributed by atoms with Crippen molar-refractivity contribution in [2.45, 2.75) is 31.3 Å². The molecule has 0 bridgehead atoms. The van der Waals surface area contributed by atoms with Gasteiger partial charge in [-0.05, 0) is 37.9 Å². The first-order chi connectivity index (χ1) is 11.8. The second kappa shape index (κ2) is 5.34. The Bertz CT molecular complexity index is 814. The highest BCUT2D eigenvalue weighted by molar-refractivity contribution is 5.74. The van der Waals surface area contributed by atoms with Crippen LogP contribution in [0.2, 0.25) is 0 Å². The number of aromatic nitrogens is 2. The fourth-order valence-electron chi connectivity index (χ4n) is 4.08. The van der Waals surface area contributed by atoms with Crippen molar-refractivity contribution in [1.82, 2.24) is 25.6 Å². The lowest BCUT2D eigenvalue weighted by atomic mass is 9.96. The van der Waals surface area contributed by atoms with Crippen molar-refractivity contribution in [3.63, 3.8) is 0 Å². The normalized spacial score (nSPS) is 31.8. The summed E-state index contributed by atoms with van der Waals surface area (Å²) in [4.78, 5) is 4.45. The van der Waals surface area contributed by atoms with Crippen LogP contribution in [-0.2, 0) is 0 Å². The van der Waals surface area contributed by atoms with E-state index in [4.69, 9.17) is 0 Å². The topological polar surface area (TPSA) is 65.8 Å². The molecule has 0 amide bonds. The van der Waals surface area contributed by atoms with Gasteiger partial charge in [0.2, 0.25) is 0 Å². The Kier molecular flexibility index (Phi) is 3.13. The summed E-state index contributed by atoms with van der Waals surface area (Å²) in [5.41, 5.74) is 2.72. The third-order valence-electron chi connectivity index (χ3n) is 5.57. The molecule has 3 aliphatic rings. The van der Waals surface area contributed by atoms with Gasteiger partial charge in [-0.2, -0.15) is 5.10 Å². The van der Waals surface area contributed by atoms with E-state index in [9.17, 15) is 0 Å². The number of pyridine rings is 1. The van der Waals surface area contributed by atoms with Gasteiger partial charge in [-0.25, -0.2) is 4.52 Å². The molecular weight excluding hydrogens is 300 g/mol. The molecule has 1 saturated heterocycles. The smallest absolute Gasteiger partial charge is 0.118 e. The van der Waals surface area contributed by atoms with E-state index in [0.717, 1.165) is 30.0 Å². The zero-order chi connectivity index (χ0) is 16.0. The van der Waals surface area contributed by atoms with Gasteiger partial charge >= 0.3 is 0 Å². The van der Waals surface area contributed by atoms with Gasteiger partial charge in [-0.15, -0.1) is 0 Å². The molecule has 2 aliphatic heterocycles. The standard InChI is InChI=1S/C18H22N6/c1-2-7-24-15(4-1)13(9-21-24)14-10-20-11-17(22-14)23-16-8-18(16)5-3-6-19-12-18/h1-2,4,7,9-11,14,16,19,22-23H,3,5-6,8,12H2. The summed E-state index contributed by atoms with van der Waals surface area (Å²) in [6.45, 7) is 2.30. The highest BCUT2D eigenvalue weighted by atomic mass is 15.2. The van der Waals surface area contributed by atoms with Crippen molar-refractivity contribution in [2.75, 3.05) is 13.1 Å². The van der Waals surface area contributed by atoms with Crippen LogP contribution < -0.4 is 16.0 Å². The van der Waals surface area contributed by atoms with Crippen molar-refractivity contribution in [3.8, 4) is 0 Å². The first-order valence-electron chi connectivity index (χ1n) is 8.74. The summed E-state index contributed by atoms with van der Waals surface area (Å²) >= 11 is 0. The minimum atomic E-state index is 0.0524. The third-order valence-corrected chi connectivity index (χ3v) is 5.57. The van der Waals surface area contributed by atoms with Crippen LogP contribution in [0.25, 0.3) is 5.52 Å². The SMILES string of the molecule is C1=NC=C(NC2CC23CCCNC3)NC1c1cnn2ccccc12. The van der Waals surface area contributed by atoms with E-state index in [1.54, 1.807) is 0 Å². The minimum Gasteiger partial charge on any atom is -0.367 e. The van der Waals surface area contributed by atoms with E-state index in [1.807, 2.05) is 41.5 Å². The molecule has 0 radical (unpaired) electrons. The molecule has 1 aliphatic carbocycles. The number of fused-ring (bicyclic) bond motifs is 1. The van der Waals surface area contributed by atoms with Crippen LogP contribution in [0.15, 0.2) is 47.6 Å². The predicted octanol–water partition coefficient (Wildman–Crippen LogP) is 1.58. The molecule has 0 aromatic carbocycles. The summed E-state index contributed by atoms with van der Waals surface area (Å²) in [6.07, 6.45) is 11.6. The Balaban J connectivity index is 1.30.